The quantitative estimate of drug-likeness (QED) is 0.300. The van der Waals surface area contributed by atoms with E-state index in [1.54, 1.807) is 33.3 Å². The van der Waals surface area contributed by atoms with Gasteiger partial charge >= 0.3 is 0 Å². The van der Waals surface area contributed by atoms with Crippen LogP contribution in [-0.2, 0) is 11.3 Å². The fourth-order valence-corrected chi connectivity index (χ4v) is 1.42. The molecule has 0 aliphatic heterocycles. The zero-order valence-electron chi connectivity index (χ0n) is 10.1. The van der Waals surface area contributed by atoms with Crippen LogP contribution < -0.4 is 5.73 Å². The molecule has 7 nitrogen and oxygen atoms in total. The van der Waals surface area contributed by atoms with Gasteiger partial charge in [0.15, 0.2) is 5.84 Å². The largest absolute Gasteiger partial charge is 0.409 e. The Labute approximate surface area is 99.3 Å². The number of rotatable bonds is 4. The number of nitrogens with one attached hydrogen (secondary N) is 1. The Hall–Kier alpha value is -2.05. The van der Waals surface area contributed by atoms with E-state index in [9.17, 15) is 4.79 Å². The maximum atomic E-state index is 12.1. The first-order valence-electron chi connectivity index (χ1n) is 5.10. The number of hydrogen-bond acceptors (Lipinski definition) is 4. The van der Waals surface area contributed by atoms with Gasteiger partial charge in [-0.1, -0.05) is 5.16 Å². The summed E-state index contributed by atoms with van der Waals surface area (Å²) in [4.78, 5) is 13.6. The Balaban J connectivity index is 2.76. The Morgan fingerprint density at radius 1 is 1.71 bits per heavy atom. The summed E-state index contributed by atoms with van der Waals surface area (Å²) in [5.74, 6) is -0.337. The molecule has 7 heteroatoms. The first-order chi connectivity index (χ1) is 7.89. The van der Waals surface area contributed by atoms with E-state index in [1.807, 2.05) is 0 Å². The van der Waals surface area contributed by atoms with E-state index in [0.717, 1.165) is 5.56 Å². The standard InChI is InChI=1S/C10H17N5O2/c1-10(2,8(11)14-17)9(16)15(3)6-7-4-12-13-5-7/h4-5,17H,6H2,1-3H3,(H2,11,14)(H,12,13). The highest BCUT2D eigenvalue weighted by molar-refractivity contribution is 6.05. The van der Waals surface area contributed by atoms with Crippen LogP contribution in [0.3, 0.4) is 0 Å². The van der Waals surface area contributed by atoms with Gasteiger partial charge < -0.3 is 15.8 Å². The first kappa shape index (κ1) is 13.0. The van der Waals surface area contributed by atoms with Crippen molar-refractivity contribution in [1.29, 1.82) is 0 Å². The lowest BCUT2D eigenvalue weighted by Crippen LogP contribution is -2.46. The molecule has 1 amide bonds. The monoisotopic (exact) mass is 239 g/mol. The van der Waals surface area contributed by atoms with Crippen molar-refractivity contribution in [2.45, 2.75) is 20.4 Å². The fourth-order valence-electron chi connectivity index (χ4n) is 1.42. The zero-order valence-corrected chi connectivity index (χ0v) is 10.1. The summed E-state index contributed by atoms with van der Waals surface area (Å²) < 4.78 is 0. The molecule has 1 heterocycles. The molecule has 0 atom stereocenters. The summed E-state index contributed by atoms with van der Waals surface area (Å²) in [6, 6.07) is 0. The number of aromatic nitrogens is 2. The Bertz CT molecular complexity index is 410. The van der Waals surface area contributed by atoms with Crippen LogP contribution in [0.2, 0.25) is 0 Å². The molecule has 0 aliphatic carbocycles. The van der Waals surface area contributed by atoms with E-state index >= 15 is 0 Å². The van der Waals surface area contributed by atoms with Crippen molar-refractivity contribution in [3.8, 4) is 0 Å². The SMILES string of the molecule is CN(Cc1cn[nH]c1)C(=O)C(C)(C)C(N)=NO. The summed E-state index contributed by atoms with van der Waals surface area (Å²) in [5, 5.41) is 18.0. The minimum Gasteiger partial charge on any atom is -0.409 e. The van der Waals surface area contributed by atoms with Gasteiger partial charge in [0.05, 0.1) is 6.20 Å². The normalized spacial score (nSPS) is 12.5. The summed E-state index contributed by atoms with van der Waals surface area (Å²) in [6.07, 6.45) is 3.35. The van der Waals surface area contributed by atoms with Gasteiger partial charge in [-0.3, -0.25) is 9.89 Å². The number of H-pyrrole nitrogens is 1. The highest BCUT2D eigenvalue weighted by atomic mass is 16.4. The molecule has 0 saturated heterocycles. The van der Waals surface area contributed by atoms with Crippen molar-refractivity contribution < 1.29 is 10.0 Å². The number of oxime groups is 1. The van der Waals surface area contributed by atoms with Crippen LogP contribution in [0.15, 0.2) is 17.5 Å². The van der Waals surface area contributed by atoms with E-state index in [4.69, 9.17) is 10.9 Å². The van der Waals surface area contributed by atoms with Gasteiger partial charge in [0.2, 0.25) is 5.91 Å². The molecule has 17 heavy (non-hydrogen) atoms. The average molecular weight is 239 g/mol. The fraction of sp³-hybridized carbons (Fsp3) is 0.500. The van der Waals surface area contributed by atoms with Crippen molar-refractivity contribution in [3.63, 3.8) is 0 Å². The molecule has 0 radical (unpaired) electrons. The molecule has 1 rings (SSSR count). The van der Waals surface area contributed by atoms with Gasteiger partial charge in [0.1, 0.15) is 5.41 Å². The second-order valence-corrected chi connectivity index (χ2v) is 4.38. The lowest BCUT2D eigenvalue weighted by Gasteiger charge is -2.27. The number of carbonyl (C=O) groups is 1. The molecule has 1 aromatic rings. The molecule has 0 bridgehead atoms. The molecular formula is C10H17N5O2. The first-order valence-corrected chi connectivity index (χ1v) is 5.10. The van der Waals surface area contributed by atoms with Crippen LogP contribution in [0.4, 0.5) is 0 Å². The summed E-state index contributed by atoms with van der Waals surface area (Å²) in [5.41, 5.74) is 5.35. The lowest BCUT2D eigenvalue weighted by molar-refractivity contribution is -0.136. The smallest absolute Gasteiger partial charge is 0.235 e. The van der Waals surface area contributed by atoms with Gasteiger partial charge in [-0.05, 0) is 13.8 Å². The number of aromatic amines is 1. The van der Waals surface area contributed by atoms with Gasteiger partial charge in [0, 0.05) is 25.4 Å². The molecule has 4 N–H and O–H groups in total. The molecule has 0 aromatic carbocycles. The number of hydrogen-bond donors (Lipinski definition) is 3. The van der Waals surface area contributed by atoms with E-state index in [0.29, 0.717) is 6.54 Å². The molecule has 0 aliphatic rings. The van der Waals surface area contributed by atoms with Crippen LogP contribution in [0, 0.1) is 5.41 Å². The molecule has 0 fully saturated rings. The van der Waals surface area contributed by atoms with Gasteiger partial charge in [-0.15, -0.1) is 0 Å². The van der Waals surface area contributed by atoms with Crippen molar-refractivity contribution in [3.05, 3.63) is 18.0 Å². The predicted octanol–water partition coefficient (Wildman–Crippen LogP) is 0.141. The lowest BCUT2D eigenvalue weighted by atomic mass is 9.90. The second kappa shape index (κ2) is 4.86. The van der Waals surface area contributed by atoms with Crippen molar-refractivity contribution in [2.75, 3.05) is 7.05 Å². The van der Waals surface area contributed by atoms with E-state index in [1.165, 1.54) is 4.90 Å². The van der Waals surface area contributed by atoms with Crippen LogP contribution >= 0.6 is 0 Å². The molecule has 1 aromatic heterocycles. The molecular weight excluding hydrogens is 222 g/mol. The van der Waals surface area contributed by atoms with E-state index in [2.05, 4.69) is 15.4 Å². The summed E-state index contributed by atoms with van der Waals surface area (Å²) in [7, 11) is 1.65. The third-order valence-electron chi connectivity index (χ3n) is 2.60. The highest BCUT2D eigenvalue weighted by Gasteiger charge is 2.35. The molecule has 94 valence electrons. The van der Waals surface area contributed by atoms with E-state index in [-0.39, 0.29) is 11.7 Å². The second-order valence-electron chi connectivity index (χ2n) is 4.38. The summed E-state index contributed by atoms with van der Waals surface area (Å²) in [6.45, 7) is 3.63. The number of nitrogens with two attached hydrogens (primary N) is 1. The van der Waals surface area contributed by atoms with Crippen LogP contribution in [0.25, 0.3) is 0 Å². The van der Waals surface area contributed by atoms with Gasteiger partial charge in [0.25, 0.3) is 0 Å². The van der Waals surface area contributed by atoms with Gasteiger partial charge in [-0.25, -0.2) is 0 Å². The van der Waals surface area contributed by atoms with Crippen molar-refractivity contribution >= 4 is 11.7 Å². The Kier molecular flexibility index (Phi) is 3.72. The van der Waals surface area contributed by atoms with Crippen LogP contribution in [0.1, 0.15) is 19.4 Å². The average Bonchev–Trinajstić information content (AvgIpc) is 2.79. The van der Waals surface area contributed by atoms with Crippen LogP contribution in [-0.4, -0.2) is 39.1 Å². The van der Waals surface area contributed by atoms with E-state index < -0.39 is 5.41 Å². The molecule has 0 saturated carbocycles. The number of carbonyl (C=O) groups excluding carboxylic acids is 1. The minimum absolute atomic E-state index is 0.110. The maximum Gasteiger partial charge on any atom is 0.235 e. The highest BCUT2D eigenvalue weighted by Crippen LogP contribution is 2.19. The Morgan fingerprint density at radius 2 is 2.35 bits per heavy atom. The number of amides is 1. The maximum absolute atomic E-state index is 12.1. The third-order valence-corrected chi connectivity index (χ3v) is 2.60. The zero-order chi connectivity index (χ0) is 13.1. The molecule has 0 spiro atoms. The third kappa shape index (κ3) is 2.74. The minimum atomic E-state index is -1.03. The molecule has 0 unspecified atom stereocenters. The number of amidine groups is 1. The number of nitrogens with zero attached hydrogens (tertiary/aromatic N) is 3. The van der Waals surface area contributed by atoms with Crippen molar-refractivity contribution in [1.82, 2.24) is 15.1 Å². The summed E-state index contributed by atoms with van der Waals surface area (Å²) >= 11 is 0. The predicted molar refractivity (Wildman–Crippen MR) is 62.3 cm³/mol. The topological polar surface area (TPSA) is 108 Å². The van der Waals surface area contributed by atoms with Crippen LogP contribution in [0.5, 0.6) is 0 Å². The van der Waals surface area contributed by atoms with Gasteiger partial charge in [-0.2, -0.15) is 5.10 Å². The Morgan fingerprint density at radius 3 is 2.82 bits per heavy atom. The van der Waals surface area contributed by atoms with Crippen molar-refractivity contribution in [2.24, 2.45) is 16.3 Å².